The van der Waals surface area contributed by atoms with Crippen LogP contribution in [0.2, 0.25) is 0 Å². The van der Waals surface area contributed by atoms with Crippen LogP contribution in [0.5, 0.6) is 0 Å². The van der Waals surface area contributed by atoms with Crippen LogP contribution in [0.1, 0.15) is 6.92 Å². The van der Waals surface area contributed by atoms with Crippen molar-refractivity contribution in [1.82, 2.24) is 0 Å². The van der Waals surface area contributed by atoms with Gasteiger partial charge in [-0.15, -0.1) is 0 Å². The highest BCUT2D eigenvalue weighted by Gasteiger charge is 2.44. The van der Waals surface area contributed by atoms with E-state index in [1.807, 2.05) is 0 Å². The van der Waals surface area contributed by atoms with Crippen molar-refractivity contribution in [1.29, 1.82) is 0 Å². The van der Waals surface area contributed by atoms with Gasteiger partial charge >= 0.3 is 0 Å². The van der Waals surface area contributed by atoms with Crippen molar-refractivity contribution in [3.63, 3.8) is 0 Å². The summed E-state index contributed by atoms with van der Waals surface area (Å²) in [5.74, 6) is 0. The lowest BCUT2D eigenvalue weighted by atomic mass is 9.99. The van der Waals surface area contributed by atoms with E-state index >= 15 is 0 Å². The van der Waals surface area contributed by atoms with Crippen LogP contribution in [-0.2, 0) is 9.47 Å². The van der Waals surface area contributed by atoms with Gasteiger partial charge in [-0.3, -0.25) is 0 Å². The van der Waals surface area contributed by atoms with Crippen LogP contribution in [0.3, 0.4) is 0 Å². The molecule has 1 rings (SSSR count). The fourth-order valence-corrected chi connectivity index (χ4v) is 1.45. The molecule has 0 spiro atoms. The molecule has 7 heteroatoms. The van der Waals surface area contributed by atoms with E-state index in [1.54, 1.807) is 6.92 Å². The van der Waals surface area contributed by atoms with Crippen LogP contribution >= 0.6 is 0 Å². The Morgan fingerprint density at radius 2 is 1.75 bits per heavy atom. The highest BCUT2D eigenvalue weighted by atomic mass is 16.7. The van der Waals surface area contributed by atoms with E-state index in [-0.39, 0.29) is 6.61 Å². The van der Waals surface area contributed by atoms with E-state index in [2.05, 4.69) is 0 Å². The zero-order chi connectivity index (χ0) is 12.3. The molecule has 6 atom stereocenters. The molecule has 7 nitrogen and oxygen atoms in total. The molecule has 16 heavy (non-hydrogen) atoms. The zero-order valence-corrected chi connectivity index (χ0v) is 8.93. The Hall–Kier alpha value is -0.280. The van der Waals surface area contributed by atoms with Crippen molar-refractivity contribution in [3.8, 4) is 0 Å². The van der Waals surface area contributed by atoms with Crippen molar-refractivity contribution in [2.24, 2.45) is 0 Å². The molecule has 0 aliphatic carbocycles. The molecule has 1 saturated heterocycles. The summed E-state index contributed by atoms with van der Waals surface area (Å²) >= 11 is 0. The van der Waals surface area contributed by atoms with E-state index in [0.717, 1.165) is 0 Å². The molecule has 0 radical (unpaired) electrons. The van der Waals surface area contributed by atoms with Gasteiger partial charge in [0, 0.05) is 0 Å². The van der Waals surface area contributed by atoms with Gasteiger partial charge in [0.25, 0.3) is 0 Å². The smallest absolute Gasteiger partial charge is 0.187 e. The highest BCUT2D eigenvalue weighted by Crippen LogP contribution is 2.22. The Bertz CT molecular complexity index is 210. The molecule has 0 bridgehead atoms. The van der Waals surface area contributed by atoms with E-state index in [0.29, 0.717) is 0 Å². The van der Waals surface area contributed by atoms with Gasteiger partial charge in [-0.05, 0) is 6.92 Å². The average Bonchev–Trinajstić information content (AvgIpc) is 2.29. The van der Waals surface area contributed by atoms with Crippen molar-refractivity contribution >= 4 is 0 Å². The number of aliphatic hydroxyl groups is 5. The third kappa shape index (κ3) is 2.89. The lowest BCUT2D eigenvalue weighted by Crippen LogP contribution is -2.59. The van der Waals surface area contributed by atoms with Gasteiger partial charge in [0.15, 0.2) is 6.29 Å². The first kappa shape index (κ1) is 13.8. The summed E-state index contributed by atoms with van der Waals surface area (Å²) in [5.41, 5.74) is 0. The Kier molecular flexibility index (Phi) is 5.06. The van der Waals surface area contributed by atoms with Gasteiger partial charge in [-0.2, -0.15) is 0 Å². The fourth-order valence-electron chi connectivity index (χ4n) is 1.45. The second-order valence-electron chi connectivity index (χ2n) is 3.83. The molecule has 1 fully saturated rings. The van der Waals surface area contributed by atoms with Crippen LogP contribution in [0.25, 0.3) is 0 Å². The molecule has 0 aromatic carbocycles. The molecule has 1 aliphatic heterocycles. The van der Waals surface area contributed by atoms with Crippen LogP contribution in [0.15, 0.2) is 0 Å². The maximum absolute atomic E-state index is 9.54. The second-order valence-corrected chi connectivity index (χ2v) is 3.83. The number of rotatable bonds is 4. The summed E-state index contributed by atoms with van der Waals surface area (Å²) < 4.78 is 10.2. The Morgan fingerprint density at radius 1 is 1.12 bits per heavy atom. The number of hydrogen-bond donors (Lipinski definition) is 5. The van der Waals surface area contributed by atoms with E-state index in [1.165, 1.54) is 0 Å². The molecule has 5 N–H and O–H groups in total. The summed E-state index contributed by atoms with van der Waals surface area (Å²) in [6, 6.07) is 0. The minimum absolute atomic E-state index is 0.269. The molecule has 1 aliphatic rings. The van der Waals surface area contributed by atoms with Crippen molar-refractivity contribution < 1.29 is 35.0 Å². The van der Waals surface area contributed by atoms with E-state index < -0.39 is 43.4 Å². The van der Waals surface area contributed by atoms with Gasteiger partial charge in [0.1, 0.15) is 24.4 Å². The lowest BCUT2D eigenvalue weighted by molar-refractivity contribution is -0.311. The number of hydrogen-bond acceptors (Lipinski definition) is 7. The molecule has 3 unspecified atom stereocenters. The highest BCUT2D eigenvalue weighted by molar-refractivity contribution is 4.89. The summed E-state index contributed by atoms with van der Waals surface area (Å²) in [7, 11) is 0. The Morgan fingerprint density at radius 3 is 2.25 bits per heavy atom. The molecule has 0 aromatic rings. The Balaban J connectivity index is 2.63. The molecule has 96 valence electrons. The summed E-state index contributed by atoms with van der Waals surface area (Å²) in [6.07, 6.45) is -7.04. The summed E-state index contributed by atoms with van der Waals surface area (Å²) in [5, 5.41) is 46.1. The number of ether oxygens (including phenoxy) is 2. The van der Waals surface area contributed by atoms with Crippen LogP contribution in [0.4, 0.5) is 0 Å². The SMILES string of the molecule is C[C@@H](CO)OC1OC(CO)[C@H](O)[C@H](O)C1O. The van der Waals surface area contributed by atoms with E-state index in [4.69, 9.17) is 19.7 Å². The summed E-state index contributed by atoms with van der Waals surface area (Å²) in [4.78, 5) is 0. The predicted octanol–water partition coefficient (Wildman–Crippen LogP) is -2.82. The maximum atomic E-state index is 9.54. The van der Waals surface area contributed by atoms with Gasteiger partial charge in [-0.25, -0.2) is 0 Å². The van der Waals surface area contributed by atoms with Crippen molar-refractivity contribution in [2.45, 2.75) is 43.7 Å². The standard InChI is InChI=1S/C9H18O7/c1-4(2-10)15-9-8(14)7(13)6(12)5(3-11)16-9/h4-14H,2-3H2,1H3/t4-,5?,6-,7-,8?,9?/m0/s1. The quantitative estimate of drug-likeness (QED) is 0.358. The van der Waals surface area contributed by atoms with Crippen LogP contribution in [-0.4, -0.2) is 75.6 Å². The first-order chi connectivity index (χ1) is 7.51. The minimum Gasteiger partial charge on any atom is -0.394 e. The van der Waals surface area contributed by atoms with Crippen molar-refractivity contribution in [3.05, 3.63) is 0 Å². The average molecular weight is 238 g/mol. The summed E-state index contributed by atoms with van der Waals surface area (Å²) in [6.45, 7) is 0.786. The molecule has 0 saturated carbocycles. The first-order valence-corrected chi connectivity index (χ1v) is 5.08. The molecule has 0 amide bonds. The monoisotopic (exact) mass is 238 g/mol. The second kappa shape index (κ2) is 5.87. The zero-order valence-electron chi connectivity index (χ0n) is 8.93. The Labute approximate surface area is 92.9 Å². The normalized spacial score (nSPS) is 42.0. The van der Waals surface area contributed by atoms with Crippen molar-refractivity contribution in [2.75, 3.05) is 13.2 Å². The van der Waals surface area contributed by atoms with Gasteiger partial charge in [0.05, 0.1) is 19.3 Å². The lowest BCUT2D eigenvalue weighted by Gasteiger charge is -2.40. The minimum atomic E-state index is -1.46. The topological polar surface area (TPSA) is 120 Å². The predicted molar refractivity (Wildman–Crippen MR) is 51.4 cm³/mol. The van der Waals surface area contributed by atoms with Crippen LogP contribution in [0, 0.1) is 0 Å². The van der Waals surface area contributed by atoms with Gasteiger partial charge in [-0.1, -0.05) is 0 Å². The van der Waals surface area contributed by atoms with Gasteiger partial charge < -0.3 is 35.0 Å². The first-order valence-electron chi connectivity index (χ1n) is 5.08. The largest absolute Gasteiger partial charge is 0.394 e. The number of aliphatic hydroxyl groups excluding tert-OH is 5. The maximum Gasteiger partial charge on any atom is 0.187 e. The molecular weight excluding hydrogens is 220 g/mol. The van der Waals surface area contributed by atoms with Gasteiger partial charge in [0.2, 0.25) is 0 Å². The van der Waals surface area contributed by atoms with Crippen LogP contribution < -0.4 is 0 Å². The van der Waals surface area contributed by atoms with E-state index in [9.17, 15) is 15.3 Å². The fraction of sp³-hybridized carbons (Fsp3) is 1.00. The molecule has 0 aromatic heterocycles. The third-order valence-corrected chi connectivity index (χ3v) is 2.47. The molecule has 1 heterocycles. The third-order valence-electron chi connectivity index (χ3n) is 2.47. The molecular formula is C9H18O7.